The summed E-state index contributed by atoms with van der Waals surface area (Å²) < 4.78 is 50.9. The minimum Gasteiger partial charge on any atom is -0.497 e. The summed E-state index contributed by atoms with van der Waals surface area (Å²) in [5, 5.41) is 26.1. The van der Waals surface area contributed by atoms with Gasteiger partial charge in [0, 0.05) is 52.0 Å². The van der Waals surface area contributed by atoms with Gasteiger partial charge in [-0.3, -0.25) is 38.3 Å². The Labute approximate surface area is 479 Å². The van der Waals surface area contributed by atoms with Crippen molar-refractivity contribution in [2.45, 2.75) is 165 Å². The molecule has 1 radical (unpaired) electrons. The first kappa shape index (κ1) is 64.5. The molecule has 2 aliphatic heterocycles. The summed E-state index contributed by atoms with van der Waals surface area (Å²) >= 11 is 0. The van der Waals surface area contributed by atoms with Gasteiger partial charge in [0.25, 0.3) is 5.56 Å². The number of nitrogens with zero attached hydrogens (tertiary/aromatic N) is 2. The number of hydrogen-bond acceptors (Lipinski definition) is 16. The van der Waals surface area contributed by atoms with E-state index >= 15 is 4.79 Å². The number of carbonyl (C=O) groups is 5. The number of aliphatic hydroxyl groups is 1. The van der Waals surface area contributed by atoms with E-state index < -0.39 is 103 Å². The number of methoxy groups -OCH3 is 2. The average Bonchev–Trinajstić information content (AvgIpc) is 3.50. The van der Waals surface area contributed by atoms with Crippen molar-refractivity contribution in [3.05, 3.63) is 135 Å². The van der Waals surface area contributed by atoms with Crippen LogP contribution in [0, 0.1) is 13.3 Å². The molecule has 82 heavy (non-hydrogen) atoms. The van der Waals surface area contributed by atoms with Crippen molar-refractivity contribution in [3.63, 3.8) is 0 Å². The SMILES string of the molecule is COc1ccc(C(OC[C@]2(C(O)[Si](C(C)C)(C(C)C)C(C)C)CN(C(=O)CCCCO[C@@H]3O[C@H]([CH]CC(=O)O)[C@@H](OC(C)=O)[C@H](OC(C)=O)[C@H]3NC(C)=O)C[C@H](n3cc(C)c(=O)[nH]c3=O)O2)(c2ccccc2)c2ccc(OC)cc2)cc1. The number of carboxylic acids is 1. The molecule has 21 nitrogen and oxygen atoms in total. The minimum atomic E-state index is -3.09. The lowest BCUT2D eigenvalue weighted by Gasteiger charge is -2.57. The normalized spacial score (nSPS) is 21.7. The fraction of sp³-hybridized carbons (Fsp3) is 0.533. The summed E-state index contributed by atoms with van der Waals surface area (Å²) in [6.45, 7) is 16.9. The summed E-state index contributed by atoms with van der Waals surface area (Å²) in [6.07, 6.45) is -4.09. The van der Waals surface area contributed by atoms with Gasteiger partial charge in [-0.25, -0.2) is 4.79 Å². The first-order valence-electron chi connectivity index (χ1n) is 27.7. The molecule has 3 heterocycles. The number of unbranched alkanes of at least 4 members (excludes halogenated alkanes) is 1. The zero-order valence-electron chi connectivity index (χ0n) is 49.0. The lowest BCUT2D eigenvalue weighted by Crippen LogP contribution is -2.72. The van der Waals surface area contributed by atoms with Crippen LogP contribution < -0.4 is 26.0 Å². The van der Waals surface area contributed by atoms with Gasteiger partial charge >= 0.3 is 23.6 Å². The third kappa shape index (κ3) is 14.4. The first-order valence-corrected chi connectivity index (χ1v) is 30.0. The number of aliphatic carboxylic acids is 1. The molecule has 6 rings (SSSR count). The van der Waals surface area contributed by atoms with Crippen LogP contribution in [0.1, 0.15) is 116 Å². The van der Waals surface area contributed by atoms with Crippen LogP contribution in [0.4, 0.5) is 0 Å². The predicted molar refractivity (Wildman–Crippen MR) is 305 cm³/mol. The maximum atomic E-state index is 15.1. The summed E-state index contributed by atoms with van der Waals surface area (Å²) in [6, 6.07) is 23.4. The van der Waals surface area contributed by atoms with Crippen molar-refractivity contribution in [1.82, 2.24) is 19.8 Å². The van der Waals surface area contributed by atoms with Crippen LogP contribution in [-0.2, 0) is 58.0 Å². The molecule has 1 aromatic heterocycles. The molecule has 2 fully saturated rings. The Hall–Kier alpha value is -6.69. The second-order valence-electron chi connectivity index (χ2n) is 22.1. The van der Waals surface area contributed by atoms with Gasteiger partial charge in [-0.15, -0.1) is 0 Å². The van der Waals surface area contributed by atoms with E-state index in [-0.39, 0.29) is 73.7 Å². The van der Waals surface area contributed by atoms with E-state index in [0.29, 0.717) is 22.6 Å². The van der Waals surface area contributed by atoms with Crippen molar-refractivity contribution < 1.29 is 72.1 Å². The summed E-state index contributed by atoms with van der Waals surface area (Å²) in [5.41, 5.74) is -3.63. The van der Waals surface area contributed by atoms with Gasteiger partial charge in [-0.05, 0) is 77.3 Å². The highest BCUT2D eigenvalue weighted by molar-refractivity contribution is 6.84. The van der Waals surface area contributed by atoms with Gasteiger partial charge in [0.05, 0.1) is 54.1 Å². The van der Waals surface area contributed by atoms with Gasteiger partial charge in [0.1, 0.15) is 34.8 Å². The molecule has 0 bridgehead atoms. The highest BCUT2D eigenvalue weighted by Crippen LogP contribution is 2.51. The van der Waals surface area contributed by atoms with E-state index in [2.05, 4.69) is 51.8 Å². The van der Waals surface area contributed by atoms with Crippen LogP contribution in [0.2, 0.25) is 16.6 Å². The number of aromatic amines is 1. The Morgan fingerprint density at radius 2 is 1.37 bits per heavy atom. The van der Waals surface area contributed by atoms with E-state index in [1.165, 1.54) is 24.1 Å². The van der Waals surface area contributed by atoms with Crippen LogP contribution in [0.25, 0.3) is 0 Å². The van der Waals surface area contributed by atoms with E-state index in [1.54, 1.807) is 26.0 Å². The van der Waals surface area contributed by atoms with Crippen LogP contribution >= 0.6 is 0 Å². The molecule has 0 spiro atoms. The summed E-state index contributed by atoms with van der Waals surface area (Å²) in [7, 11) is 0.0678. The second-order valence-corrected chi connectivity index (χ2v) is 28.1. The highest BCUT2D eigenvalue weighted by Gasteiger charge is 2.61. The van der Waals surface area contributed by atoms with Crippen LogP contribution in [0.5, 0.6) is 11.5 Å². The Morgan fingerprint density at radius 1 is 0.817 bits per heavy atom. The number of amides is 2. The number of H-pyrrole nitrogens is 1. The van der Waals surface area contributed by atoms with Gasteiger partial charge in [-0.1, -0.05) is 96.1 Å². The van der Waals surface area contributed by atoms with Crippen molar-refractivity contribution in [3.8, 4) is 11.5 Å². The van der Waals surface area contributed by atoms with Crippen LogP contribution in [0.15, 0.2) is 94.6 Å². The Bertz CT molecular complexity index is 2860. The number of carboxylic acid groups (broad SMARTS) is 1. The molecule has 3 aromatic carbocycles. The number of benzene rings is 3. The van der Waals surface area contributed by atoms with Gasteiger partial charge in [-0.2, -0.15) is 0 Å². The number of ether oxygens (including phenoxy) is 8. The zero-order chi connectivity index (χ0) is 60.3. The molecule has 447 valence electrons. The lowest BCUT2D eigenvalue weighted by atomic mass is 9.79. The van der Waals surface area contributed by atoms with Crippen molar-refractivity contribution >= 4 is 37.8 Å². The molecular formula is C60H81N4O17Si. The molecule has 2 amide bonds. The Morgan fingerprint density at radius 3 is 1.88 bits per heavy atom. The van der Waals surface area contributed by atoms with E-state index in [0.717, 1.165) is 19.4 Å². The Balaban J connectivity index is 1.43. The molecule has 8 atom stereocenters. The molecule has 22 heteroatoms. The fourth-order valence-electron chi connectivity index (χ4n) is 12.3. The van der Waals surface area contributed by atoms with Crippen molar-refractivity contribution in [2.75, 3.05) is 40.5 Å². The van der Waals surface area contributed by atoms with Gasteiger partial charge in [0.15, 0.2) is 24.7 Å². The fourth-order valence-corrected chi connectivity index (χ4v) is 19.3. The molecule has 4 N–H and O–H groups in total. The number of hydrogen-bond donors (Lipinski definition) is 4. The molecule has 2 saturated heterocycles. The number of aliphatic hydroxyl groups excluding tert-OH is 1. The summed E-state index contributed by atoms with van der Waals surface area (Å²) in [4.78, 5) is 95.0. The number of carbonyl (C=O) groups excluding carboxylic acids is 4. The average molecular weight is 1160 g/mol. The smallest absolute Gasteiger partial charge is 0.330 e. The quantitative estimate of drug-likeness (QED) is 0.0226. The van der Waals surface area contributed by atoms with Crippen LogP contribution in [0.3, 0.4) is 0 Å². The van der Waals surface area contributed by atoms with E-state index in [9.17, 15) is 39.0 Å². The third-order valence-corrected chi connectivity index (χ3v) is 23.3. The number of morpholine rings is 1. The molecular weight excluding hydrogens is 1080 g/mol. The van der Waals surface area contributed by atoms with E-state index in [1.807, 2.05) is 78.9 Å². The molecule has 4 aromatic rings. The number of nitrogens with one attached hydrogen (secondary N) is 2. The predicted octanol–water partition coefficient (Wildman–Crippen LogP) is 6.50. The topological polar surface area (TPSA) is 270 Å². The number of esters is 2. The first-order chi connectivity index (χ1) is 38.8. The van der Waals surface area contributed by atoms with Crippen LogP contribution in [-0.4, -0.2) is 145 Å². The molecule has 0 aliphatic carbocycles. The standard InChI is InChI=1S/C60H81N4O17Si/c1-36(2)82(37(3)4,38(5)6)57(72)59(35-77-60(43-18-14-13-15-19-43,44-21-25-46(74-11)26-22-44)45-23-27-47(75-12)28-24-45)34-63(33-50(81-59)64-32-39(7)55(71)62-58(64)73)49(68)20-16-17-31-76-56-52(61-40(8)65)54(79-42(10)67)53(78-41(9)66)48(80-56)29-30-51(69)70/h13-15,18-19,21-29,32,36-38,48,50,52-54,56-57,72H,16-17,20,30-31,33-35H2,1-12H3,(H,61,65)(H,69,70)(H,62,71,73)/t48-,50-,52-,53-,54-,56-,57?,59+/m1/s1. The molecule has 1 unspecified atom stereocenters. The number of rotatable bonds is 26. The van der Waals surface area contributed by atoms with Crippen molar-refractivity contribution in [1.29, 1.82) is 0 Å². The van der Waals surface area contributed by atoms with Gasteiger partial charge in [0.2, 0.25) is 11.8 Å². The Kier molecular flexibility index (Phi) is 22.1. The largest absolute Gasteiger partial charge is 0.497 e. The van der Waals surface area contributed by atoms with E-state index in [4.69, 9.17) is 37.9 Å². The monoisotopic (exact) mass is 1160 g/mol. The molecule has 2 aliphatic rings. The second kappa shape index (κ2) is 28.1. The van der Waals surface area contributed by atoms with Crippen molar-refractivity contribution in [2.24, 2.45) is 0 Å². The lowest BCUT2D eigenvalue weighted by molar-refractivity contribution is -0.265. The summed E-state index contributed by atoms with van der Waals surface area (Å²) in [5.74, 6) is -2.48. The zero-order valence-corrected chi connectivity index (χ0v) is 50.0. The number of aromatic nitrogens is 2. The molecule has 0 saturated carbocycles. The minimum absolute atomic E-state index is 0.0480. The number of aryl methyl sites for hydroxylation is 1. The van der Waals surface area contributed by atoms with Gasteiger partial charge < -0.3 is 58.3 Å². The highest BCUT2D eigenvalue weighted by atomic mass is 28.3. The maximum Gasteiger partial charge on any atom is 0.330 e. The third-order valence-electron chi connectivity index (χ3n) is 15.8. The maximum absolute atomic E-state index is 15.1.